The van der Waals surface area contributed by atoms with Crippen molar-refractivity contribution in [3.8, 4) is 0 Å². The molecule has 1 rings (SSSR count). The van der Waals surface area contributed by atoms with Crippen LogP contribution in [0.15, 0.2) is 16.5 Å². The number of rotatable bonds is 5. The molecule has 1 aromatic rings. The second-order valence-corrected chi connectivity index (χ2v) is 8.99. The van der Waals surface area contributed by atoms with Gasteiger partial charge in [-0.1, -0.05) is 0 Å². The van der Waals surface area contributed by atoms with Gasteiger partial charge in [0.2, 0.25) is 10.0 Å². The summed E-state index contributed by atoms with van der Waals surface area (Å²) in [7, 11) is -3.71. The van der Waals surface area contributed by atoms with E-state index >= 15 is 0 Å². The first kappa shape index (κ1) is 19.3. The van der Waals surface area contributed by atoms with Crippen LogP contribution in [-0.4, -0.2) is 33.1 Å². The van der Waals surface area contributed by atoms with Gasteiger partial charge in [-0.05, 0) is 85.8 Å². The maximum Gasteiger partial charge on any atom is 0.339 e. The summed E-state index contributed by atoms with van der Waals surface area (Å²) in [5, 5.41) is 11.2. The zero-order chi connectivity index (χ0) is 16.2. The normalized spacial score (nSPS) is 12.3. The Bertz CT molecular complexity index is 687. The zero-order valence-electron chi connectivity index (χ0n) is 10.6. The molecular weight excluding hydrogens is 639 g/mol. The van der Waals surface area contributed by atoms with E-state index in [0.29, 0.717) is 5.56 Å². The van der Waals surface area contributed by atoms with Crippen molar-refractivity contribution in [3.63, 3.8) is 0 Å². The number of carbonyl (C=O) groups excluding carboxylic acids is 1. The van der Waals surface area contributed by atoms with Gasteiger partial charge in [-0.15, -0.1) is 0 Å². The lowest BCUT2D eigenvalue weighted by molar-refractivity contribution is -0.218. The van der Waals surface area contributed by atoms with Gasteiger partial charge in [0.15, 0.2) is 0 Å². The molecule has 0 amide bonds. The molecular formula is C11H9I3NO5S-. The number of nitrogens with zero attached hydrogens (tertiary/aromatic N) is 1. The third-order valence-corrected chi connectivity index (χ3v) is 6.23. The van der Waals surface area contributed by atoms with E-state index in [2.05, 4.69) is 49.6 Å². The molecule has 0 heterocycles. The smallest absolute Gasteiger partial charge is 0.339 e. The lowest BCUT2D eigenvalue weighted by Gasteiger charge is -2.11. The zero-order valence-corrected chi connectivity index (χ0v) is 17.9. The molecule has 0 unspecified atom stereocenters. The highest BCUT2D eigenvalue weighted by molar-refractivity contribution is 14.1. The van der Waals surface area contributed by atoms with Crippen molar-refractivity contribution < 1.29 is 23.1 Å². The summed E-state index contributed by atoms with van der Waals surface area (Å²) in [5.74, 6) is -1.39. The number of sulfonamides is 1. The largest absolute Gasteiger partial charge is 0.861 e. The SMILES string of the molecule is CS(=O)(=O)/N=C(/[O-])CCOC(=O)c1cc(I)cc(I)c1I. The van der Waals surface area contributed by atoms with Crippen LogP contribution in [0.3, 0.4) is 0 Å². The van der Waals surface area contributed by atoms with Crippen LogP contribution in [0.25, 0.3) is 0 Å². The second kappa shape index (κ2) is 8.24. The molecule has 0 saturated heterocycles. The fraction of sp³-hybridized carbons (Fsp3) is 0.273. The number of ether oxygens (including phenoxy) is 1. The van der Waals surface area contributed by atoms with Gasteiger partial charge in [0, 0.05) is 17.1 Å². The number of esters is 1. The lowest BCUT2D eigenvalue weighted by Crippen LogP contribution is -2.22. The van der Waals surface area contributed by atoms with Crippen molar-refractivity contribution in [2.75, 3.05) is 12.9 Å². The molecule has 0 aliphatic rings. The molecule has 0 radical (unpaired) electrons. The van der Waals surface area contributed by atoms with E-state index in [9.17, 15) is 18.3 Å². The summed E-state index contributed by atoms with van der Waals surface area (Å²) in [5.41, 5.74) is 0.416. The molecule has 0 atom stereocenters. The van der Waals surface area contributed by atoms with Gasteiger partial charge in [-0.25, -0.2) is 13.2 Å². The van der Waals surface area contributed by atoms with E-state index in [0.717, 1.165) is 17.0 Å². The highest BCUT2D eigenvalue weighted by Gasteiger charge is 2.14. The van der Waals surface area contributed by atoms with Gasteiger partial charge in [-0.2, -0.15) is 4.40 Å². The Morgan fingerprint density at radius 2 is 1.95 bits per heavy atom. The van der Waals surface area contributed by atoms with Crippen LogP contribution < -0.4 is 5.11 Å². The van der Waals surface area contributed by atoms with Crippen molar-refractivity contribution >= 4 is 89.7 Å². The summed E-state index contributed by atoms with van der Waals surface area (Å²) >= 11 is 6.25. The predicted molar refractivity (Wildman–Crippen MR) is 102 cm³/mol. The van der Waals surface area contributed by atoms with Crippen molar-refractivity contribution in [1.82, 2.24) is 0 Å². The van der Waals surface area contributed by atoms with Crippen LogP contribution in [0.1, 0.15) is 16.8 Å². The van der Waals surface area contributed by atoms with Gasteiger partial charge >= 0.3 is 5.97 Å². The van der Waals surface area contributed by atoms with Crippen molar-refractivity contribution in [2.45, 2.75) is 6.42 Å². The van der Waals surface area contributed by atoms with Crippen molar-refractivity contribution in [2.24, 2.45) is 4.40 Å². The minimum absolute atomic E-state index is 0.213. The molecule has 0 saturated carbocycles. The monoisotopic (exact) mass is 648 g/mol. The molecule has 0 fully saturated rings. The van der Waals surface area contributed by atoms with Gasteiger partial charge in [0.1, 0.15) is 0 Å². The van der Waals surface area contributed by atoms with E-state index < -0.39 is 21.9 Å². The first-order valence-corrected chi connectivity index (χ1v) is 10.5. The number of benzene rings is 1. The first-order chi connectivity index (χ1) is 9.60. The van der Waals surface area contributed by atoms with E-state index in [1.807, 2.05) is 28.7 Å². The fourth-order valence-corrected chi connectivity index (χ4v) is 4.08. The van der Waals surface area contributed by atoms with Crippen molar-refractivity contribution in [1.29, 1.82) is 0 Å². The van der Waals surface area contributed by atoms with Crippen molar-refractivity contribution in [3.05, 3.63) is 28.4 Å². The standard InChI is InChI=1S/C11H10I3NO5S/c1-21(18,19)15-9(16)2-3-20-11(17)7-4-6(12)5-8(13)10(7)14/h4-5H,2-3H2,1H3,(H,15,16)/p-1. The number of carbonyl (C=O) groups is 1. The van der Waals surface area contributed by atoms with Crippen LogP contribution in [0.4, 0.5) is 0 Å². The summed E-state index contributed by atoms with van der Waals surface area (Å²) in [6, 6.07) is 3.61. The Morgan fingerprint density at radius 1 is 1.33 bits per heavy atom. The highest BCUT2D eigenvalue weighted by Crippen LogP contribution is 2.23. The van der Waals surface area contributed by atoms with E-state index in [1.165, 1.54) is 0 Å². The fourth-order valence-electron chi connectivity index (χ4n) is 1.24. The van der Waals surface area contributed by atoms with Crippen LogP contribution in [-0.2, 0) is 14.8 Å². The van der Waals surface area contributed by atoms with E-state index in [4.69, 9.17) is 4.74 Å². The molecule has 0 aromatic heterocycles. The summed E-state index contributed by atoms with van der Waals surface area (Å²) in [4.78, 5) is 11.9. The van der Waals surface area contributed by atoms with E-state index in [1.54, 1.807) is 6.07 Å². The summed E-state index contributed by atoms with van der Waals surface area (Å²) in [6.45, 7) is -0.213. The third-order valence-electron chi connectivity index (χ3n) is 2.03. The summed E-state index contributed by atoms with van der Waals surface area (Å²) < 4.78 is 32.1. The molecule has 0 aliphatic carbocycles. The molecule has 21 heavy (non-hydrogen) atoms. The minimum atomic E-state index is -3.71. The average Bonchev–Trinajstić information content (AvgIpc) is 2.31. The number of hydrogen-bond acceptors (Lipinski definition) is 5. The van der Waals surface area contributed by atoms with Gasteiger partial charge < -0.3 is 9.84 Å². The van der Waals surface area contributed by atoms with Gasteiger partial charge in [-0.3, -0.25) is 0 Å². The van der Waals surface area contributed by atoms with Crippen LogP contribution >= 0.6 is 67.8 Å². The van der Waals surface area contributed by atoms with Gasteiger partial charge in [0.25, 0.3) is 0 Å². The Kier molecular flexibility index (Phi) is 7.59. The molecule has 0 aliphatic heterocycles. The Morgan fingerprint density at radius 3 is 2.52 bits per heavy atom. The average molecular weight is 648 g/mol. The quantitative estimate of drug-likeness (QED) is 0.160. The maximum atomic E-state index is 11.9. The molecule has 0 bridgehead atoms. The highest BCUT2D eigenvalue weighted by atomic mass is 127. The summed E-state index contributed by atoms with van der Waals surface area (Å²) in [6.07, 6.45) is 0.559. The van der Waals surface area contributed by atoms with Crippen LogP contribution in [0.2, 0.25) is 0 Å². The van der Waals surface area contributed by atoms with Crippen LogP contribution in [0.5, 0.6) is 0 Å². The van der Waals surface area contributed by atoms with E-state index in [-0.39, 0.29) is 13.0 Å². The predicted octanol–water partition coefficient (Wildman–Crippen LogP) is 1.77. The second-order valence-electron chi connectivity index (χ2n) is 3.85. The molecule has 0 spiro atoms. The Balaban J connectivity index is 2.70. The maximum absolute atomic E-state index is 11.9. The topological polar surface area (TPSA) is 95.9 Å². The Labute approximate surface area is 163 Å². The molecule has 10 heteroatoms. The molecule has 1 aromatic carbocycles. The molecule has 116 valence electrons. The Hall–Kier alpha value is 0.300. The molecule has 6 nitrogen and oxygen atoms in total. The minimum Gasteiger partial charge on any atom is -0.861 e. The first-order valence-electron chi connectivity index (χ1n) is 5.37. The van der Waals surface area contributed by atoms with Gasteiger partial charge in [0.05, 0.1) is 18.4 Å². The lowest BCUT2D eigenvalue weighted by atomic mass is 10.2. The van der Waals surface area contributed by atoms with Crippen LogP contribution in [0, 0.1) is 10.7 Å². The molecule has 0 N–H and O–H groups in total. The third kappa shape index (κ3) is 6.94. The number of halogens is 3. The number of hydrogen-bond donors (Lipinski definition) is 0.